The van der Waals surface area contributed by atoms with Crippen molar-refractivity contribution in [2.45, 2.75) is 6.92 Å². The van der Waals surface area contributed by atoms with Crippen LogP contribution in [0.25, 0.3) is 0 Å². The molecule has 0 bridgehead atoms. The van der Waals surface area contributed by atoms with Gasteiger partial charge in [0.15, 0.2) is 11.5 Å². The molecule has 2 rings (SSSR count). The Morgan fingerprint density at radius 1 is 1.03 bits per heavy atom. The van der Waals surface area contributed by atoms with Gasteiger partial charge in [-0.05, 0) is 53.2 Å². The van der Waals surface area contributed by atoms with E-state index in [4.69, 9.17) is 18.9 Å². The lowest BCUT2D eigenvalue weighted by molar-refractivity contribution is 0.102. The van der Waals surface area contributed by atoms with Crippen LogP contribution in [0, 0.1) is 0 Å². The number of benzene rings is 2. The van der Waals surface area contributed by atoms with Gasteiger partial charge in [0.1, 0.15) is 6.61 Å². The Morgan fingerprint density at radius 3 is 2.41 bits per heavy atom. The topological polar surface area (TPSA) is 95.1 Å². The van der Waals surface area contributed by atoms with E-state index in [1.165, 1.54) is 14.2 Å². The summed E-state index contributed by atoms with van der Waals surface area (Å²) < 4.78 is 21.2. The van der Waals surface area contributed by atoms with Crippen LogP contribution >= 0.6 is 15.9 Å². The SMILES string of the molecule is CCOc1c(Br)cc(C(=O)Nc2cccc(NC(=O)OCCOC)c2)cc1OC. The fourth-order valence-corrected chi connectivity index (χ4v) is 2.94. The Kier molecular flexibility index (Phi) is 8.75. The largest absolute Gasteiger partial charge is 0.493 e. The maximum atomic E-state index is 12.7. The fraction of sp³-hybridized carbons (Fsp3) is 0.300. The number of nitrogens with one attached hydrogen (secondary N) is 2. The van der Waals surface area contributed by atoms with Crippen molar-refractivity contribution in [1.82, 2.24) is 0 Å². The minimum Gasteiger partial charge on any atom is -0.493 e. The summed E-state index contributed by atoms with van der Waals surface area (Å²) in [4.78, 5) is 24.4. The second-order valence-corrected chi connectivity index (χ2v) is 6.57. The van der Waals surface area contributed by atoms with Crippen molar-refractivity contribution in [2.75, 3.05) is 44.7 Å². The third-order valence-corrected chi connectivity index (χ3v) is 4.26. The van der Waals surface area contributed by atoms with E-state index in [9.17, 15) is 9.59 Å². The van der Waals surface area contributed by atoms with Crippen LogP contribution in [0.2, 0.25) is 0 Å². The van der Waals surface area contributed by atoms with Crippen molar-refractivity contribution < 1.29 is 28.5 Å². The highest BCUT2D eigenvalue weighted by atomic mass is 79.9. The minimum absolute atomic E-state index is 0.146. The zero-order valence-electron chi connectivity index (χ0n) is 16.4. The van der Waals surface area contributed by atoms with Crippen LogP contribution in [0.4, 0.5) is 16.2 Å². The summed E-state index contributed by atoms with van der Waals surface area (Å²) in [5.41, 5.74) is 1.37. The van der Waals surface area contributed by atoms with Gasteiger partial charge in [-0.3, -0.25) is 10.1 Å². The van der Waals surface area contributed by atoms with Gasteiger partial charge in [0.05, 0.1) is 24.8 Å². The molecule has 0 aromatic heterocycles. The number of methoxy groups -OCH3 is 2. The van der Waals surface area contributed by atoms with Crippen LogP contribution in [-0.2, 0) is 9.47 Å². The van der Waals surface area contributed by atoms with Gasteiger partial charge >= 0.3 is 6.09 Å². The van der Waals surface area contributed by atoms with Gasteiger partial charge in [0.2, 0.25) is 0 Å². The first kappa shape index (κ1) is 22.5. The monoisotopic (exact) mass is 466 g/mol. The molecular weight excluding hydrogens is 444 g/mol. The van der Waals surface area contributed by atoms with E-state index in [2.05, 4.69) is 26.6 Å². The predicted molar refractivity (Wildman–Crippen MR) is 113 cm³/mol. The molecule has 0 spiro atoms. The van der Waals surface area contributed by atoms with Crippen LogP contribution in [0.1, 0.15) is 17.3 Å². The number of hydrogen-bond donors (Lipinski definition) is 2. The molecule has 0 fully saturated rings. The molecule has 9 heteroatoms. The first-order valence-corrected chi connectivity index (χ1v) is 9.62. The van der Waals surface area contributed by atoms with Gasteiger partial charge < -0.3 is 24.3 Å². The maximum absolute atomic E-state index is 12.7. The minimum atomic E-state index is -0.606. The van der Waals surface area contributed by atoms with Crippen molar-refractivity contribution in [3.63, 3.8) is 0 Å². The molecule has 0 aliphatic carbocycles. The quantitative estimate of drug-likeness (QED) is 0.534. The predicted octanol–water partition coefficient (Wildman–Crippen LogP) is 4.30. The Balaban J connectivity index is 2.09. The number of amides is 2. The van der Waals surface area contributed by atoms with Crippen LogP contribution < -0.4 is 20.1 Å². The Labute approximate surface area is 177 Å². The van der Waals surface area contributed by atoms with Crippen LogP contribution in [0.3, 0.4) is 0 Å². The van der Waals surface area contributed by atoms with E-state index in [0.717, 1.165) is 0 Å². The molecule has 156 valence electrons. The van der Waals surface area contributed by atoms with E-state index in [0.29, 0.717) is 46.1 Å². The van der Waals surface area contributed by atoms with Crippen LogP contribution in [0.15, 0.2) is 40.9 Å². The second kappa shape index (κ2) is 11.3. The van der Waals surface area contributed by atoms with Crippen LogP contribution in [-0.4, -0.2) is 46.0 Å². The molecular formula is C20H23BrN2O6. The Hall–Kier alpha value is -2.78. The lowest BCUT2D eigenvalue weighted by Crippen LogP contribution is -2.17. The normalized spacial score (nSPS) is 10.2. The molecule has 0 aliphatic heterocycles. The highest BCUT2D eigenvalue weighted by Crippen LogP contribution is 2.36. The van der Waals surface area contributed by atoms with Gasteiger partial charge in [0.25, 0.3) is 5.91 Å². The molecule has 8 nitrogen and oxygen atoms in total. The van der Waals surface area contributed by atoms with Gasteiger partial charge in [-0.15, -0.1) is 0 Å². The zero-order valence-corrected chi connectivity index (χ0v) is 18.0. The molecule has 2 aromatic rings. The average Bonchev–Trinajstić information content (AvgIpc) is 2.69. The summed E-state index contributed by atoms with van der Waals surface area (Å²) in [6, 6.07) is 9.97. The van der Waals surface area contributed by atoms with E-state index < -0.39 is 6.09 Å². The first-order valence-electron chi connectivity index (χ1n) is 8.83. The zero-order chi connectivity index (χ0) is 21.2. The maximum Gasteiger partial charge on any atom is 0.411 e. The van der Waals surface area contributed by atoms with Gasteiger partial charge in [-0.25, -0.2) is 4.79 Å². The first-order chi connectivity index (χ1) is 14.0. The van der Waals surface area contributed by atoms with Crippen LogP contribution in [0.5, 0.6) is 11.5 Å². The van der Waals surface area contributed by atoms with Gasteiger partial charge in [0, 0.05) is 24.0 Å². The summed E-state index contributed by atoms with van der Waals surface area (Å²) in [6.07, 6.45) is -0.606. The molecule has 2 aromatic carbocycles. The van der Waals surface area contributed by atoms with Gasteiger partial charge in [-0.1, -0.05) is 6.07 Å². The molecule has 0 heterocycles. The van der Waals surface area contributed by atoms with Gasteiger partial charge in [-0.2, -0.15) is 0 Å². The van der Waals surface area contributed by atoms with Crippen molar-refractivity contribution >= 4 is 39.3 Å². The molecule has 0 atom stereocenters. The standard InChI is InChI=1S/C20H23BrN2O6/c1-4-28-18-16(21)10-13(11-17(18)27-3)19(24)22-14-6-5-7-15(12-14)23-20(25)29-9-8-26-2/h5-7,10-12H,4,8-9H2,1-3H3,(H,22,24)(H,23,25). The number of carbonyl (C=O) groups is 2. The van der Waals surface area contributed by atoms with Crippen molar-refractivity contribution in [1.29, 1.82) is 0 Å². The van der Waals surface area contributed by atoms with E-state index in [-0.39, 0.29) is 12.5 Å². The average molecular weight is 467 g/mol. The highest BCUT2D eigenvalue weighted by Gasteiger charge is 2.16. The van der Waals surface area contributed by atoms with Crippen molar-refractivity contribution in [3.05, 3.63) is 46.4 Å². The summed E-state index contributed by atoms with van der Waals surface area (Å²) >= 11 is 3.40. The Bertz CT molecular complexity index is 859. The number of carbonyl (C=O) groups excluding carboxylic acids is 2. The summed E-state index contributed by atoms with van der Waals surface area (Å²) in [5, 5.41) is 5.38. The summed E-state index contributed by atoms with van der Waals surface area (Å²) in [6.45, 7) is 2.78. The molecule has 0 aliphatic rings. The third-order valence-electron chi connectivity index (χ3n) is 3.67. The van der Waals surface area contributed by atoms with Crippen molar-refractivity contribution in [2.24, 2.45) is 0 Å². The molecule has 2 amide bonds. The van der Waals surface area contributed by atoms with E-state index in [1.54, 1.807) is 36.4 Å². The summed E-state index contributed by atoms with van der Waals surface area (Å²) in [5.74, 6) is 0.636. The Morgan fingerprint density at radius 2 is 1.76 bits per heavy atom. The molecule has 0 saturated heterocycles. The lowest BCUT2D eigenvalue weighted by Gasteiger charge is -2.14. The smallest absolute Gasteiger partial charge is 0.411 e. The number of anilines is 2. The van der Waals surface area contributed by atoms with E-state index >= 15 is 0 Å². The molecule has 0 radical (unpaired) electrons. The number of hydrogen-bond acceptors (Lipinski definition) is 6. The molecule has 2 N–H and O–H groups in total. The number of rotatable bonds is 9. The molecule has 0 unspecified atom stereocenters. The van der Waals surface area contributed by atoms with Crippen molar-refractivity contribution in [3.8, 4) is 11.5 Å². The lowest BCUT2D eigenvalue weighted by atomic mass is 10.1. The fourth-order valence-electron chi connectivity index (χ4n) is 2.38. The number of ether oxygens (including phenoxy) is 4. The highest BCUT2D eigenvalue weighted by molar-refractivity contribution is 9.10. The summed E-state index contributed by atoms with van der Waals surface area (Å²) in [7, 11) is 3.03. The third kappa shape index (κ3) is 6.65. The number of halogens is 1. The molecule has 29 heavy (non-hydrogen) atoms. The molecule has 0 saturated carbocycles. The second-order valence-electron chi connectivity index (χ2n) is 5.71. The van der Waals surface area contributed by atoms with E-state index in [1.807, 2.05) is 6.92 Å².